The van der Waals surface area contributed by atoms with Crippen LogP contribution in [0.3, 0.4) is 0 Å². The average molecular weight is 304 g/mol. The summed E-state index contributed by atoms with van der Waals surface area (Å²) >= 11 is 0. The Hall–Kier alpha value is -2.66. The van der Waals surface area contributed by atoms with Crippen LogP contribution in [0.15, 0.2) is 59.6 Å². The molecule has 0 bridgehead atoms. The van der Waals surface area contributed by atoms with Crippen molar-refractivity contribution >= 4 is 30.1 Å². The Morgan fingerprint density at radius 2 is 1.38 bits per heavy atom. The molecule has 0 heterocycles. The fraction of sp³-hybridized carbons (Fsp3) is 0. The smallest absolute Gasteiger partial charge is 0.280 e. The second-order valence-electron chi connectivity index (χ2n) is 4.12. The maximum atomic E-state index is 12.2. The minimum Gasteiger partial charge on any atom is -0.370 e. The molecule has 0 aliphatic rings. The summed E-state index contributed by atoms with van der Waals surface area (Å²) in [4.78, 5) is 27.4. The zero-order chi connectivity index (χ0) is 14.5. The van der Waals surface area contributed by atoms with Gasteiger partial charge < -0.3 is 11.5 Å². The summed E-state index contributed by atoms with van der Waals surface area (Å²) in [6.07, 6.45) is 0. The molecule has 2 aromatic rings. The van der Waals surface area contributed by atoms with Gasteiger partial charge in [-0.3, -0.25) is 9.59 Å². The highest BCUT2D eigenvalue weighted by molar-refractivity contribution is 6.10. The zero-order valence-corrected chi connectivity index (χ0v) is 11.8. The highest BCUT2D eigenvalue weighted by Crippen LogP contribution is 2.12. The summed E-state index contributed by atoms with van der Waals surface area (Å²) in [7, 11) is 0. The minimum atomic E-state index is -0.576. The van der Waals surface area contributed by atoms with Gasteiger partial charge >= 0.3 is 0 Å². The first kappa shape index (κ1) is 16.4. The number of guanidine groups is 1. The number of nitrogens with two attached hydrogens (primary N) is 2. The van der Waals surface area contributed by atoms with Crippen LogP contribution in [-0.4, -0.2) is 17.6 Å². The molecule has 0 radical (unpaired) electrons. The second kappa shape index (κ2) is 7.21. The topological polar surface area (TPSA) is 98.5 Å². The summed E-state index contributed by atoms with van der Waals surface area (Å²) in [5.41, 5.74) is 11.5. The molecule has 0 aliphatic carbocycles. The van der Waals surface area contributed by atoms with Gasteiger partial charge in [-0.1, -0.05) is 42.5 Å². The average Bonchev–Trinajstić information content (AvgIpc) is 2.47. The molecule has 0 aliphatic heterocycles. The number of amides is 1. The minimum absolute atomic E-state index is 0. The summed E-state index contributed by atoms with van der Waals surface area (Å²) in [6.45, 7) is 0. The monoisotopic (exact) mass is 303 g/mol. The summed E-state index contributed by atoms with van der Waals surface area (Å²) in [6, 6.07) is 15.1. The maximum absolute atomic E-state index is 12.2. The van der Waals surface area contributed by atoms with Crippen molar-refractivity contribution in [3.05, 3.63) is 71.3 Å². The Morgan fingerprint density at radius 3 is 2.00 bits per heavy atom. The molecule has 2 aromatic carbocycles. The van der Waals surface area contributed by atoms with Crippen LogP contribution in [0, 0.1) is 0 Å². The predicted octanol–water partition coefficient (Wildman–Crippen LogP) is 1.75. The normalized spacial score (nSPS) is 9.33. The van der Waals surface area contributed by atoms with Crippen LogP contribution in [0.4, 0.5) is 0 Å². The molecule has 2 rings (SSSR count). The predicted molar refractivity (Wildman–Crippen MR) is 83.7 cm³/mol. The standard InChI is InChI=1S/C15H13N3O2.ClH/c16-15(17)18-14(20)12-8-4-7-11(9-12)13(19)10-5-2-1-3-6-10;/h1-9H,(H4,16,17,18,20);1H. The van der Waals surface area contributed by atoms with Crippen molar-refractivity contribution in [3.63, 3.8) is 0 Å². The van der Waals surface area contributed by atoms with Gasteiger partial charge in [0.2, 0.25) is 0 Å². The number of ketones is 1. The third kappa shape index (κ3) is 4.15. The van der Waals surface area contributed by atoms with Crippen LogP contribution in [0.1, 0.15) is 26.3 Å². The third-order valence-corrected chi connectivity index (χ3v) is 2.64. The fourth-order valence-electron chi connectivity index (χ4n) is 1.73. The molecule has 6 heteroatoms. The van der Waals surface area contributed by atoms with Gasteiger partial charge in [0.1, 0.15) is 0 Å². The van der Waals surface area contributed by atoms with Crippen LogP contribution in [-0.2, 0) is 0 Å². The molecule has 4 N–H and O–H groups in total. The molecule has 0 spiro atoms. The molecule has 0 atom stereocenters. The Balaban J connectivity index is 0.00000220. The van der Waals surface area contributed by atoms with E-state index in [1.807, 2.05) is 6.07 Å². The first-order chi connectivity index (χ1) is 9.58. The molecule has 5 nitrogen and oxygen atoms in total. The lowest BCUT2D eigenvalue weighted by molar-refractivity contribution is 0.100. The van der Waals surface area contributed by atoms with Crippen LogP contribution in [0.25, 0.3) is 0 Å². The van der Waals surface area contributed by atoms with Crippen molar-refractivity contribution < 1.29 is 9.59 Å². The highest BCUT2D eigenvalue weighted by Gasteiger charge is 2.11. The van der Waals surface area contributed by atoms with Crippen LogP contribution in [0.2, 0.25) is 0 Å². The van der Waals surface area contributed by atoms with E-state index >= 15 is 0 Å². The quantitative estimate of drug-likeness (QED) is 0.512. The fourth-order valence-corrected chi connectivity index (χ4v) is 1.73. The van der Waals surface area contributed by atoms with E-state index < -0.39 is 5.91 Å². The lowest BCUT2D eigenvalue weighted by atomic mass is 10.0. The van der Waals surface area contributed by atoms with Gasteiger partial charge in [0.25, 0.3) is 5.91 Å². The molecule has 108 valence electrons. The largest absolute Gasteiger partial charge is 0.370 e. The summed E-state index contributed by atoms with van der Waals surface area (Å²) in [5, 5.41) is 0. The van der Waals surface area contributed by atoms with E-state index in [1.54, 1.807) is 42.5 Å². The van der Waals surface area contributed by atoms with Gasteiger partial charge in [0.05, 0.1) is 0 Å². The van der Waals surface area contributed by atoms with Gasteiger partial charge in [-0.15, -0.1) is 12.4 Å². The number of carbonyl (C=O) groups is 2. The SMILES string of the molecule is Cl.NC(N)=NC(=O)c1cccc(C(=O)c2ccccc2)c1. The maximum Gasteiger partial charge on any atom is 0.280 e. The summed E-state index contributed by atoms with van der Waals surface area (Å²) < 4.78 is 0. The number of nitrogens with zero attached hydrogens (tertiary/aromatic N) is 1. The molecular weight excluding hydrogens is 290 g/mol. The van der Waals surface area contributed by atoms with E-state index in [2.05, 4.69) is 4.99 Å². The number of aliphatic imine (C=N–C) groups is 1. The van der Waals surface area contributed by atoms with Crippen LogP contribution < -0.4 is 11.5 Å². The zero-order valence-electron chi connectivity index (χ0n) is 11.0. The molecule has 0 fully saturated rings. The van der Waals surface area contributed by atoms with E-state index in [-0.39, 0.29) is 29.7 Å². The summed E-state index contributed by atoms with van der Waals surface area (Å²) in [5.74, 6) is -1.05. The number of hydrogen-bond acceptors (Lipinski definition) is 2. The Kier molecular flexibility index (Phi) is 5.63. The Bertz CT molecular complexity index is 680. The number of benzene rings is 2. The lowest BCUT2D eigenvalue weighted by Crippen LogP contribution is -2.24. The first-order valence-electron chi connectivity index (χ1n) is 5.91. The van der Waals surface area contributed by atoms with Crippen LogP contribution >= 0.6 is 12.4 Å². The van der Waals surface area contributed by atoms with Gasteiger partial charge in [-0.2, -0.15) is 4.99 Å². The number of hydrogen-bond donors (Lipinski definition) is 2. The first-order valence-corrected chi connectivity index (χ1v) is 5.91. The highest BCUT2D eigenvalue weighted by atomic mass is 35.5. The second-order valence-corrected chi connectivity index (χ2v) is 4.12. The van der Waals surface area contributed by atoms with Crippen molar-refractivity contribution in [3.8, 4) is 0 Å². The van der Waals surface area contributed by atoms with E-state index in [4.69, 9.17) is 11.5 Å². The van der Waals surface area contributed by atoms with Gasteiger partial charge in [0.15, 0.2) is 11.7 Å². The molecule has 0 unspecified atom stereocenters. The van der Waals surface area contributed by atoms with Gasteiger partial charge in [0, 0.05) is 16.7 Å². The molecule has 0 aromatic heterocycles. The van der Waals surface area contributed by atoms with Gasteiger partial charge in [-0.05, 0) is 12.1 Å². The molecule has 0 saturated carbocycles. The lowest BCUT2D eigenvalue weighted by Gasteiger charge is -2.03. The van der Waals surface area contributed by atoms with Crippen molar-refractivity contribution in [1.29, 1.82) is 0 Å². The van der Waals surface area contributed by atoms with E-state index in [0.29, 0.717) is 11.1 Å². The molecular formula is C15H14ClN3O2. The van der Waals surface area contributed by atoms with Crippen molar-refractivity contribution in [1.82, 2.24) is 0 Å². The van der Waals surface area contributed by atoms with E-state index in [9.17, 15) is 9.59 Å². The third-order valence-electron chi connectivity index (χ3n) is 2.64. The van der Waals surface area contributed by atoms with Crippen molar-refractivity contribution in [2.24, 2.45) is 16.5 Å². The van der Waals surface area contributed by atoms with Crippen LogP contribution in [0.5, 0.6) is 0 Å². The van der Waals surface area contributed by atoms with Crippen molar-refractivity contribution in [2.45, 2.75) is 0 Å². The number of halogens is 1. The van der Waals surface area contributed by atoms with Gasteiger partial charge in [-0.25, -0.2) is 0 Å². The molecule has 21 heavy (non-hydrogen) atoms. The van der Waals surface area contributed by atoms with Crippen molar-refractivity contribution in [2.75, 3.05) is 0 Å². The Labute approximate surface area is 128 Å². The van der Waals surface area contributed by atoms with E-state index in [1.165, 1.54) is 6.07 Å². The molecule has 1 amide bonds. The number of carbonyl (C=O) groups excluding carboxylic acids is 2. The Morgan fingerprint density at radius 1 is 0.810 bits per heavy atom. The number of rotatable bonds is 3. The van der Waals surface area contributed by atoms with E-state index in [0.717, 1.165) is 0 Å². The molecule has 0 saturated heterocycles.